The smallest absolute Gasteiger partial charge is 0.261 e. The zero-order valence-corrected chi connectivity index (χ0v) is 25.7. The van der Waals surface area contributed by atoms with Gasteiger partial charge in [0, 0.05) is 24.1 Å². The second-order valence-corrected chi connectivity index (χ2v) is 12.8. The van der Waals surface area contributed by atoms with Crippen LogP contribution in [0.1, 0.15) is 35.3 Å². The van der Waals surface area contributed by atoms with Crippen molar-refractivity contribution in [1.29, 1.82) is 0 Å². The Bertz CT molecular complexity index is 2120. The number of nitrogens with one attached hydrogen (secondary N) is 2. The van der Waals surface area contributed by atoms with Crippen LogP contribution < -0.4 is 19.5 Å². The molecule has 1 unspecified atom stereocenters. The lowest BCUT2D eigenvalue weighted by Gasteiger charge is -2.30. The number of Topliss-reactive ketones (excluding diaryl/α,β-unsaturated/α-hetero) is 2. The molecule has 0 fully saturated rings. The van der Waals surface area contributed by atoms with Gasteiger partial charge in [0.25, 0.3) is 15.9 Å². The largest absolute Gasteiger partial charge is 0.507 e. The highest BCUT2D eigenvalue weighted by Gasteiger charge is 2.58. The normalized spacial score (nSPS) is 18.7. The molecule has 3 N–H and O–H groups in total. The van der Waals surface area contributed by atoms with Gasteiger partial charge in [-0.3, -0.25) is 23.9 Å². The lowest BCUT2D eigenvalue weighted by molar-refractivity contribution is -0.140. The molecule has 12 heteroatoms. The average Bonchev–Trinajstić information content (AvgIpc) is 3.33. The molecule has 0 aromatic heterocycles. The van der Waals surface area contributed by atoms with Crippen molar-refractivity contribution in [3.8, 4) is 17.2 Å². The summed E-state index contributed by atoms with van der Waals surface area (Å²) < 4.78 is 40.0. The predicted molar refractivity (Wildman–Crippen MR) is 167 cm³/mol. The zero-order chi connectivity index (χ0) is 33.0. The molecule has 0 saturated carbocycles. The highest BCUT2D eigenvalue weighted by Crippen LogP contribution is 2.56. The van der Waals surface area contributed by atoms with Crippen LogP contribution in [0.4, 0.5) is 5.69 Å². The van der Waals surface area contributed by atoms with Crippen molar-refractivity contribution < 1.29 is 42.2 Å². The Morgan fingerprint density at radius 2 is 1.67 bits per heavy atom. The minimum absolute atomic E-state index is 0.00629. The predicted octanol–water partition coefficient (Wildman–Crippen LogP) is 4.18. The van der Waals surface area contributed by atoms with Gasteiger partial charge >= 0.3 is 0 Å². The van der Waals surface area contributed by atoms with Crippen molar-refractivity contribution in [2.75, 3.05) is 11.8 Å². The third-order valence-corrected chi connectivity index (χ3v) is 9.73. The summed E-state index contributed by atoms with van der Waals surface area (Å²) in [6, 6.07) is 19.6. The topological polar surface area (TPSA) is 165 Å². The van der Waals surface area contributed by atoms with Crippen molar-refractivity contribution >= 4 is 49.7 Å². The maximum atomic E-state index is 13.8. The van der Waals surface area contributed by atoms with E-state index in [2.05, 4.69) is 10.0 Å². The van der Waals surface area contributed by atoms with E-state index >= 15 is 0 Å². The van der Waals surface area contributed by atoms with Crippen LogP contribution in [-0.2, 0) is 36.4 Å². The summed E-state index contributed by atoms with van der Waals surface area (Å²) in [6.45, 7) is 2.57. The molecular formula is C34H28N2O9S. The summed E-state index contributed by atoms with van der Waals surface area (Å²) in [5.74, 6) is -5.09. The monoisotopic (exact) mass is 640 g/mol. The number of hydrogen-bond donors (Lipinski definition) is 3. The summed E-state index contributed by atoms with van der Waals surface area (Å²) in [6.07, 6.45) is 1.06. The van der Waals surface area contributed by atoms with Crippen LogP contribution in [0.25, 0.3) is 10.8 Å². The van der Waals surface area contributed by atoms with Gasteiger partial charge in [-0.2, -0.15) is 0 Å². The molecule has 0 saturated heterocycles. The molecule has 0 spiro atoms. The van der Waals surface area contributed by atoms with E-state index in [9.17, 15) is 32.7 Å². The number of benzene rings is 4. The molecule has 234 valence electrons. The molecule has 11 nitrogen and oxygen atoms in total. The number of ketones is 3. The number of hydrogen-bond acceptors (Lipinski definition) is 9. The Morgan fingerprint density at radius 1 is 1.00 bits per heavy atom. The molecule has 0 bridgehead atoms. The standard InChI is InChI=1S/C34H28N2O9S/c1-18(37)28-24(38)16-27-34(2,32(28)40)30-25(39)15-26(44-3)29(31(30)45-27)33(41)35-17-19-13-14-23(22-12-8-7-11-21(19)22)36-46(42,43)20-9-5-4-6-10-20/h4-16,28,36,39H,17H2,1-3H3,(H,35,41)/t28?,34-/m1/s1. The Hall–Kier alpha value is -5.49. The number of methoxy groups -OCH3 is 1. The molecular weight excluding hydrogens is 612 g/mol. The van der Waals surface area contributed by atoms with E-state index in [0.717, 1.165) is 13.0 Å². The van der Waals surface area contributed by atoms with Crippen LogP contribution in [0, 0.1) is 5.92 Å². The minimum Gasteiger partial charge on any atom is -0.507 e. The first-order valence-corrected chi connectivity index (χ1v) is 15.7. The van der Waals surface area contributed by atoms with Crippen molar-refractivity contribution in [2.24, 2.45) is 5.92 Å². The second-order valence-electron chi connectivity index (χ2n) is 11.1. The number of carbonyl (C=O) groups excluding carboxylic acids is 4. The number of rotatable bonds is 8. The van der Waals surface area contributed by atoms with Gasteiger partial charge in [-0.1, -0.05) is 48.5 Å². The SMILES string of the molecule is COc1cc(O)c2c(c1C(=O)NCc1ccc(NS(=O)(=O)c3ccccc3)c3ccccc13)OC1=CC(=O)C(C(C)=O)C(=O)[C@]12C. The van der Waals surface area contributed by atoms with Gasteiger partial charge < -0.3 is 19.9 Å². The number of amides is 1. The van der Waals surface area contributed by atoms with Crippen LogP contribution >= 0.6 is 0 Å². The molecule has 0 radical (unpaired) electrons. The van der Waals surface area contributed by atoms with E-state index in [-0.39, 0.29) is 39.8 Å². The van der Waals surface area contributed by atoms with Gasteiger partial charge in [0.05, 0.1) is 23.3 Å². The lowest BCUT2D eigenvalue weighted by Crippen LogP contribution is -2.47. The Morgan fingerprint density at radius 3 is 2.35 bits per heavy atom. The molecule has 1 heterocycles. The Kier molecular flexibility index (Phi) is 7.40. The zero-order valence-electron chi connectivity index (χ0n) is 24.9. The van der Waals surface area contributed by atoms with Crippen LogP contribution in [0.3, 0.4) is 0 Å². The molecule has 4 aromatic rings. The number of sulfonamides is 1. The summed E-state index contributed by atoms with van der Waals surface area (Å²) in [4.78, 5) is 52.2. The number of phenols is 1. The number of allylic oxidation sites excluding steroid dienone is 2. The average molecular weight is 641 g/mol. The first-order valence-electron chi connectivity index (χ1n) is 14.2. The van der Waals surface area contributed by atoms with E-state index < -0.39 is 50.4 Å². The van der Waals surface area contributed by atoms with Crippen LogP contribution in [-0.4, -0.2) is 43.9 Å². The number of anilines is 1. The van der Waals surface area contributed by atoms with E-state index in [0.29, 0.717) is 22.0 Å². The van der Waals surface area contributed by atoms with Gasteiger partial charge in [0.15, 0.2) is 17.3 Å². The Balaban J connectivity index is 1.34. The summed E-state index contributed by atoms with van der Waals surface area (Å²) in [5.41, 5.74) is -0.843. The molecule has 2 atom stereocenters. The van der Waals surface area contributed by atoms with E-state index in [1.54, 1.807) is 54.6 Å². The number of aromatic hydroxyl groups is 1. The first-order chi connectivity index (χ1) is 21.9. The lowest BCUT2D eigenvalue weighted by atomic mass is 9.67. The maximum Gasteiger partial charge on any atom is 0.261 e. The fraction of sp³-hybridized carbons (Fsp3) is 0.176. The van der Waals surface area contributed by atoms with Crippen molar-refractivity contribution in [1.82, 2.24) is 5.32 Å². The highest BCUT2D eigenvalue weighted by atomic mass is 32.2. The fourth-order valence-corrected chi connectivity index (χ4v) is 7.12. The molecule has 1 amide bonds. The summed E-state index contributed by atoms with van der Waals surface area (Å²) in [5, 5.41) is 15.1. The number of phenolic OH excluding ortho intramolecular Hbond substituents is 1. The maximum absolute atomic E-state index is 13.8. The summed E-state index contributed by atoms with van der Waals surface area (Å²) >= 11 is 0. The molecule has 4 aromatic carbocycles. The third-order valence-electron chi connectivity index (χ3n) is 8.35. The van der Waals surface area contributed by atoms with Crippen LogP contribution in [0.5, 0.6) is 17.2 Å². The number of fused-ring (bicyclic) bond motifs is 4. The quantitative estimate of drug-likeness (QED) is 0.240. The number of ether oxygens (including phenoxy) is 2. The molecule has 46 heavy (non-hydrogen) atoms. The Labute approximate surface area is 263 Å². The molecule has 1 aliphatic heterocycles. The first kappa shape index (κ1) is 30.5. The van der Waals surface area contributed by atoms with Crippen molar-refractivity contribution in [3.05, 3.63) is 101 Å². The fourth-order valence-electron chi connectivity index (χ4n) is 6.02. The van der Waals surface area contributed by atoms with Gasteiger partial charge in [-0.05, 0) is 43.0 Å². The van der Waals surface area contributed by atoms with Gasteiger partial charge in [0.2, 0.25) is 0 Å². The van der Waals surface area contributed by atoms with Gasteiger partial charge in [0.1, 0.15) is 39.9 Å². The van der Waals surface area contributed by atoms with E-state index in [1.165, 1.54) is 32.2 Å². The van der Waals surface area contributed by atoms with Crippen LogP contribution in [0.15, 0.2) is 89.5 Å². The third kappa shape index (κ3) is 4.78. The van der Waals surface area contributed by atoms with Crippen LogP contribution in [0.2, 0.25) is 0 Å². The van der Waals surface area contributed by atoms with Crippen molar-refractivity contribution in [3.63, 3.8) is 0 Å². The molecule has 1 aliphatic carbocycles. The van der Waals surface area contributed by atoms with E-state index in [4.69, 9.17) is 9.47 Å². The molecule has 2 aliphatic rings. The molecule has 6 rings (SSSR count). The van der Waals surface area contributed by atoms with Crippen molar-refractivity contribution in [2.45, 2.75) is 30.7 Å². The number of carbonyl (C=O) groups is 4. The minimum atomic E-state index is -3.86. The van der Waals surface area contributed by atoms with Gasteiger partial charge in [-0.25, -0.2) is 8.42 Å². The highest BCUT2D eigenvalue weighted by molar-refractivity contribution is 7.92. The second kappa shape index (κ2) is 11.1. The van der Waals surface area contributed by atoms with E-state index in [1.807, 2.05) is 0 Å². The van der Waals surface area contributed by atoms with Gasteiger partial charge in [-0.15, -0.1) is 0 Å². The summed E-state index contributed by atoms with van der Waals surface area (Å²) in [7, 11) is -2.57.